The van der Waals surface area contributed by atoms with Crippen molar-refractivity contribution in [3.05, 3.63) is 71.3 Å². The molecule has 222 valence electrons. The third-order valence-electron chi connectivity index (χ3n) is 6.35. The van der Waals surface area contributed by atoms with Gasteiger partial charge in [-0.3, -0.25) is 5.32 Å². The van der Waals surface area contributed by atoms with Gasteiger partial charge in [0.1, 0.15) is 18.2 Å². The summed E-state index contributed by atoms with van der Waals surface area (Å²) in [5, 5.41) is 13.8. The number of ether oxygens (including phenoxy) is 2. The Morgan fingerprint density at radius 3 is 2.22 bits per heavy atom. The first-order valence-corrected chi connectivity index (χ1v) is 13.8. The molecule has 0 fully saturated rings. The topological polar surface area (TPSA) is 127 Å². The van der Waals surface area contributed by atoms with Crippen molar-refractivity contribution in [3.8, 4) is 0 Å². The molecule has 1 amide bonds. The maximum Gasteiger partial charge on any atom is 0.411 e. The first kappa shape index (κ1) is 31.7. The molecule has 9 nitrogen and oxygen atoms in total. The predicted molar refractivity (Wildman–Crippen MR) is 157 cm³/mol. The highest BCUT2D eigenvalue weighted by Crippen LogP contribution is 2.26. The van der Waals surface area contributed by atoms with Crippen LogP contribution in [-0.2, 0) is 16.1 Å². The van der Waals surface area contributed by atoms with Gasteiger partial charge < -0.3 is 31.2 Å². The molecule has 0 bridgehead atoms. The van der Waals surface area contributed by atoms with Crippen LogP contribution in [0.1, 0.15) is 41.6 Å². The van der Waals surface area contributed by atoms with Gasteiger partial charge in [-0.25, -0.2) is 18.4 Å². The molecule has 41 heavy (non-hydrogen) atoms. The van der Waals surface area contributed by atoms with Gasteiger partial charge in [0.15, 0.2) is 0 Å². The summed E-state index contributed by atoms with van der Waals surface area (Å²) in [6, 6.07) is 12.0. The van der Waals surface area contributed by atoms with Crippen LogP contribution in [0, 0.1) is 11.6 Å². The molecule has 0 aliphatic carbocycles. The summed E-state index contributed by atoms with van der Waals surface area (Å²) >= 11 is 0. The van der Waals surface area contributed by atoms with E-state index in [-0.39, 0.29) is 29.4 Å². The average molecular weight is 572 g/mol. The first-order chi connectivity index (χ1) is 19.9. The first-order valence-electron chi connectivity index (χ1n) is 13.8. The fraction of sp³-hybridized carbons (Fsp3) is 0.400. The molecule has 3 aromatic carbocycles. The second kappa shape index (κ2) is 17.1. The third kappa shape index (κ3) is 10.6. The number of carbonyl (C=O) groups excluding carboxylic acids is 2. The van der Waals surface area contributed by atoms with Crippen molar-refractivity contribution in [2.75, 3.05) is 57.0 Å². The minimum absolute atomic E-state index is 0.0536. The molecule has 0 aliphatic heterocycles. The van der Waals surface area contributed by atoms with Crippen LogP contribution in [0.2, 0.25) is 0 Å². The number of fused-ring (bicyclic) bond motifs is 1. The molecule has 11 heteroatoms. The molecule has 3 aromatic rings. The number of hydrogen-bond donors (Lipinski definition) is 5. The molecule has 6 N–H and O–H groups in total. The van der Waals surface area contributed by atoms with Gasteiger partial charge in [0.25, 0.3) is 0 Å². The van der Waals surface area contributed by atoms with E-state index in [1.54, 1.807) is 24.3 Å². The van der Waals surface area contributed by atoms with Gasteiger partial charge in [-0.1, -0.05) is 18.2 Å². The maximum absolute atomic E-state index is 14.7. The molecule has 0 unspecified atom stereocenters. The maximum atomic E-state index is 14.7. The zero-order valence-corrected chi connectivity index (χ0v) is 23.4. The van der Waals surface area contributed by atoms with E-state index in [4.69, 9.17) is 15.2 Å². The van der Waals surface area contributed by atoms with E-state index < -0.39 is 17.9 Å². The zero-order chi connectivity index (χ0) is 29.5. The summed E-state index contributed by atoms with van der Waals surface area (Å²) < 4.78 is 38.2. The SMILES string of the molecule is COC(=O)c1cc(F)c(NCCCNCCCCNCCCN)cc1NC(=O)OCc1ccc2cc(F)ccc2c1. The lowest BCUT2D eigenvalue weighted by Gasteiger charge is -2.15. The number of methoxy groups -OCH3 is 1. The van der Waals surface area contributed by atoms with Crippen LogP contribution in [0.4, 0.5) is 25.0 Å². The fourth-order valence-corrected chi connectivity index (χ4v) is 4.16. The smallest absolute Gasteiger partial charge is 0.411 e. The van der Waals surface area contributed by atoms with E-state index in [1.807, 2.05) is 0 Å². The quantitative estimate of drug-likeness (QED) is 0.116. The number of amides is 1. The van der Waals surface area contributed by atoms with Gasteiger partial charge in [0.2, 0.25) is 0 Å². The molecular formula is C30H39F2N5O4. The zero-order valence-electron chi connectivity index (χ0n) is 23.4. The lowest BCUT2D eigenvalue weighted by Crippen LogP contribution is -2.22. The van der Waals surface area contributed by atoms with E-state index in [2.05, 4.69) is 21.3 Å². The minimum atomic E-state index is -0.828. The molecule has 0 aliphatic rings. The van der Waals surface area contributed by atoms with Gasteiger partial charge >= 0.3 is 12.1 Å². The highest BCUT2D eigenvalue weighted by atomic mass is 19.1. The Kier molecular flexibility index (Phi) is 13.2. The van der Waals surface area contributed by atoms with Gasteiger partial charge in [0.05, 0.1) is 24.0 Å². The Morgan fingerprint density at radius 1 is 0.805 bits per heavy atom. The van der Waals surface area contributed by atoms with Crippen molar-refractivity contribution in [1.82, 2.24) is 10.6 Å². The largest absolute Gasteiger partial charge is 0.465 e. The van der Waals surface area contributed by atoms with Crippen molar-refractivity contribution in [2.45, 2.75) is 32.3 Å². The number of esters is 1. The van der Waals surface area contributed by atoms with E-state index in [1.165, 1.54) is 25.3 Å². The molecular weight excluding hydrogens is 532 g/mol. The van der Waals surface area contributed by atoms with Crippen LogP contribution in [-0.4, -0.2) is 58.4 Å². The van der Waals surface area contributed by atoms with Gasteiger partial charge in [0, 0.05) is 6.54 Å². The predicted octanol–water partition coefficient (Wildman–Crippen LogP) is 4.76. The number of anilines is 2. The highest BCUT2D eigenvalue weighted by molar-refractivity contribution is 6.00. The van der Waals surface area contributed by atoms with Crippen LogP contribution in [0.25, 0.3) is 10.8 Å². The lowest BCUT2D eigenvalue weighted by atomic mass is 10.1. The molecule has 0 radical (unpaired) electrons. The van der Waals surface area contributed by atoms with Crippen LogP contribution in [0.15, 0.2) is 48.5 Å². The van der Waals surface area contributed by atoms with Gasteiger partial charge in [-0.15, -0.1) is 0 Å². The summed E-state index contributed by atoms with van der Waals surface area (Å²) in [6.07, 6.45) is 3.03. The van der Waals surface area contributed by atoms with Crippen molar-refractivity contribution in [2.24, 2.45) is 5.73 Å². The van der Waals surface area contributed by atoms with Gasteiger partial charge in [-0.05, 0) is 105 Å². The van der Waals surface area contributed by atoms with Crippen LogP contribution >= 0.6 is 0 Å². The molecule has 0 aromatic heterocycles. The Hall–Kier alpha value is -3.80. The second-order valence-electron chi connectivity index (χ2n) is 9.53. The Labute approximate surface area is 239 Å². The number of benzene rings is 3. The second-order valence-corrected chi connectivity index (χ2v) is 9.53. The molecule has 0 saturated carbocycles. The van der Waals surface area contributed by atoms with Crippen molar-refractivity contribution < 1.29 is 27.8 Å². The van der Waals surface area contributed by atoms with Crippen molar-refractivity contribution >= 4 is 34.2 Å². The number of rotatable bonds is 17. The fourth-order valence-electron chi connectivity index (χ4n) is 4.16. The number of nitrogens with one attached hydrogen (secondary N) is 4. The average Bonchev–Trinajstić information content (AvgIpc) is 2.97. The molecule has 0 saturated heterocycles. The summed E-state index contributed by atoms with van der Waals surface area (Å²) in [6.45, 7) is 4.70. The number of hydrogen-bond acceptors (Lipinski definition) is 8. The lowest BCUT2D eigenvalue weighted by molar-refractivity contribution is 0.0601. The summed E-state index contributed by atoms with van der Waals surface area (Å²) in [5.41, 5.74) is 6.21. The molecule has 3 rings (SSSR count). The van der Waals surface area contributed by atoms with Crippen molar-refractivity contribution in [1.29, 1.82) is 0 Å². The van der Waals surface area contributed by atoms with Crippen LogP contribution < -0.4 is 27.0 Å². The Bertz CT molecular complexity index is 1290. The summed E-state index contributed by atoms with van der Waals surface area (Å²) in [4.78, 5) is 24.8. The Morgan fingerprint density at radius 2 is 1.49 bits per heavy atom. The monoisotopic (exact) mass is 571 g/mol. The normalized spacial score (nSPS) is 10.9. The minimum Gasteiger partial charge on any atom is -0.465 e. The van der Waals surface area contributed by atoms with E-state index >= 15 is 0 Å². The van der Waals surface area contributed by atoms with E-state index in [0.29, 0.717) is 18.7 Å². The molecule has 0 heterocycles. The standard InChI is InChI=1S/C30H39F2N5O4/c1-40-29(38)25-18-26(32)28(36-15-5-14-35-12-3-2-11-34-13-4-10-33)19-27(25)37-30(39)41-20-21-6-7-23-17-24(31)9-8-22(23)16-21/h6-9,16-19,34-36H,2-5,10-15,20,33H2,1H3,(H,37,39). The summed E-state index contributed by atoms with van der Waals surface area (Å²) in [5.74, 6) is -1.78. The molecule has 0 spiro atoms. The van der Waals surface area contributed by atoms with E-state index in [0.717, 1.165) is 68.7 Å². The van der Waals surface area contributed by atoms with Gasteiger partial charge in [-0.2, -0.15) is 0 Å². The number of carbonyl (C=O) groups is 2. The third-order valence-corrected chi connectivity index (χ3v) is 6.35. The number of unbranched alkanes of at least 4 members (excludes halogenated alkanes) is 1. The van der Waals surface area contributed by atoms with E-state index in [9.17, 15) is 18.4 Å². The number of halogens is 2. The van der Waals surface area contributed by atoms with Crippen LogP contribution in [0.3, 0.4) is 0 Å². The van der Waals surface area contributed by atoms with Crippen LogP contribution in [0.5, 0.6) is 0 Å². The summed E-state index contributed by atoms with van der Waals surface area (Å²) in [7, 11) is 1.17. The number of nitrogens with two attached hydrogens (primary N) is 1. The Balaban J connectivity index is 1.48. The molecule has 0 atom stereocenters. The highest BCUT2D eigenvalue weighted by Gasteiger charge is 2.19. The van der Waals surface area contributed by atoms with Crippen molar-refractivity contribution in [3.63, 3.8) is 0 Å².